The molecule has 0 spiro atoms. The van der Waals surface area contributed by atoms with Crippen LogP contribution in [0.15, 0.2) is 6.07 Å². The average Bonchev–Trinajstić information content (AvgIpc) is 2.23. The summed E-state index contributed by atoms with van der Waals surface area (Å²) >= 11 is 0. The number of rotatable bonds is 6. The average molecular weight is 223 g/mol. The van der Waals surface area contributed by atoms with Gasteiger partial charge in [0, 0.05) is 18.3 Å². The van der Waals surface area contributed by atoms with Gasteiger partial charge in [0.1, 0.15) is 0 Å². The Morgan fingerprint density at radius 2 is 2.12 bits per heavy atom. The fourth-order valence-electron chi connectivity index (χ4n) is 1.43. The molecule has 0 aliphatic rings. The van der Waals surface area contributed by atoms with E-state index < -0.39 is 0 Å². The largest absolute Gasteiger partial charge is 0.481 e. The van der Waals surface area contributed by atoms with Crippen LogP contribution in [-0.2, 0) is 0 Å². The Balaban J connectivity index is 2.44. The Hall–Kier alpha value is -1.32. The van der Waals surface area contributed by atoms with E-state index in [0.717, 1.165) is 24.6 Å². The second-order valence-corrected chi connectivity index (χ2v) is 4.34. The van der Waals surface area contributed by atoms with Crippen molar-refractivity contribution in [1.82, 2.24) is 9.97 Å². The van der Waals surface area contributed by atoms with Crippen LogP contribution in [0.2, 0.25) is 0 Å². The Morgan fingerprint density at radius 3 is 2.75 bits per heavy atom. The second kappa shape index (κ2) is 6.30. The molecule has 0 saturated carbocycles. The molecule has 1 N–H and O–H groups in total. The minimum atomic E-state index is 0.610. The molecular formula is C12H21N3O. The van der Waals surface area contributed by atoms with Crippen molar-refractivity contribution in [2.45, 2.75) is 33.6 Å². The molecular weight excluding hydrogens is 202 g/mol. The number of aryl methyl sites for hydroxylation is 1. The molecule has 0 atom stereocenters. The molecule has 90 valence electrons. The van der Waals surface area contributed by atoms with E-state index in [1.54, 1.807) is 7.11 Å². The minimum absolute atomic E-state index is 0.610. The highest BCUT2D eigenvalue weighted by Gasteiger charge is 2.01. The van der Waals surface area contributed by atoms with Crippen molar-refractivity contribution in [3.8, 4) is 5.88 Å². The van der Waals surface area contributed by atoms with Crippen molar-refractivity contribution in [1.29, 1.82) is 0 Å². The first-order valence-corrected chi connectivity index (χ1v) is 5.75. The van der Waals surface area contributed by atoms with Gasteiger partial charge < -0.3 is 10.1 Å². The van der Waals surface area contributed by atoms with Crippen LogP contribution in [0.1, 0.15) is 32.4 Å². The smallest absolute Gasteiger partial charge is 0.226 e. The van der Waals surface area contributed by atoms with Gasteiger partial charge in [-0.2, -0.15) is 4.98 Å². The van der Waals surface area contributed by atoms with Crippen LogP contribution >= 0.6 is 0 Å². The van der Waals surface area contributed by atoms with Gasteiger partial charge in [-0.3, -0.25) is 0 Å². The van der Waals surface area contributed by atoms with Crippen LogP contribution in [0.5, 0.6) is 5.88 Å². The number of nitrogens with zero attached hydrogens (tertiary/aromatic N) is 2. The first kappa shape index (κ1) is 12.7. The molecule has 16 heavy (non-hydrogen) atoms. The van der Waals surface area contributed by atoms with Crippen LogP contribution in [0.3, 0.4) is 0 Å². The molecule has 4 nitrogen and oxygen atoms in total. The molecule has 1 heterocycles. The van der Waals surface area contributed by atoms with Gasteiger partial charge in [0.05, 0.1) is 7.11 Å². The van der Waals surface area contributed by atoms with Gasteiger partial charge in [0.15, 0.2) is 0 Å². The van der Waals surface area contributed by atoms with E-state index in [-0.39, 0.29) is 0 Å². The molecule has 0 radical (unpaired) electrons. The van der Waals surface area contributed by atoms with E-state index in [4.69, 9.17) is 4.74 Å². The number of hydrogen-bond acceptors (Lipinski definition) is 4. The van der Waals surface area contributed by atoms with Crippen LogP contribution in [0, 0.1) is 12.8 Å². The van der Waals surface area contributed by atoms with E-state index >= 15 is 0 Å². The quantitative estimate of drug-likeness (QED) is 0.753. The Morgan fingerprint density at radius 1 is 1.38 bits per heavy atom. The molecule has 0 aliphatic heterocycles. The number of methoxy groups -OCH3 is 1. The van der Waals surface area contributed by atoms with Crippen LogP contribution in [0.4, 0.5) is 5.95 Å². The van der Waals surface area contributed by atoms with Gasteiger partial charge in [0.25, 0.3) is 0 Å². The normalized spacial score (nSPS) is 10.6. The monoisotopic (exact) mass is 223 g/mol. The lowest BCUT2D eigenvalue weighted by molar-refractivity contribution is 0.397. The van der Waals surface area contributed by atoms with Gasteiger partial charge in [-0.1, -0.05) is 13.8 Å². The standard InChI is InChI=1S/C12H21N3O/c1-9(2)6-5-7-13-12-14-10(3)8-11(15-12)16-4/h8-9H,5-7H2,1-4H3,(H,13,14,15). The topological polar surface area (TPSA) is 47.0 Å². The first-order valence-electron chi connectivity index (χ1n) is 5.75. The summed E-state index contributed by atoms with van der Waals surface area (Å²) in [6.45, 7) is 7.30. The highest BCUT2D eigenvalue weighted by Crippen LogP contribution is 2.11. The summed E-state index contributed by atoms with van der Waals surface area (Å²) < 4.78 is 5.09. The highest BCUT2D eigenvalue weighted by atomic mass is 16.5. The molecule has 4 heteroatoms. The zero-order chi connectivity index (χ0) is 12.0. The lowest BCUT2D eigenvalue weighted by Crippen LogP contribution is -2.07. The summed E-state index contributed by atoms with van der Waals surface area (Å²) in [5.41, 5.74) is 0.915. The van der Waals surface area contributed by atoms with Crippen LogP contribution in [-0.4, -0.2) is 23.6 Å². The number of ether oxygens (including phenoxy) is 1. The maximum absolute atomic E-state index is 5.09. The summed E-state index contributed by atoms with van der Waals surface area (Å²) in [4.78, 5) is 8.52. The third kappa shape index (κ3) is 4.47. The fraction of sp³-hybridized carbons (Fsp3) is 0.667. The van der Waals surface area contributed by atoms with Crippen LogP contribution < -0.4 is 10.1 Å². The molecule has 1 aromatic heterocycles. The third-order valence-electron chi connectivity index (χ3n) is 2.28. The predicted octanol–water partition coefficient (Wildman–Crippen LogP) is 2.64. The molecule has 1 aromatic rings. The zero-order valence-electron chi connectivity index (χ0n) is 10.6. The molecule has 0 bridgehead atoms. The third-order valence-corrected chi connectivity index (χ3v) is 2.28. The molecule has 0 fully saturated rings. The van der Waals surface area contributed by atoms with Crippen molar-refractivity contribution in [2.75, 3.05) is 19.0 Å². The van der Waals surface area contributed by atoms with E-state index in [9.17, 15) is 0 Å². The maximum Gasteiger partial charge on any atom is 0.226 e. The predicted molar refractivity (Wildman–Crippen MR) is 65.9 cm³/mol. The van der Waals surface area contributed by atoms with E-state index in [1.165, 1.54) is 6.42 Å². The van der Waals surface area contributed by atoms with Gasteiger partial charge in [-0.25, -0.2) is 4.98 Å². The summed E-state index contributed by atoms with van der Waals surface area (Å²) in [6, 6.07) is 1.82. The number of nitrogens with one attached hydrogen (secondary N) is 1. The summed E-state index contributed by atoms with van der Waals surface area (Å²) in [6.07, 6.45) is 2.35. The Kier molecular flexibility index (Phi) is 5.02. The minimum Gasteiger partial charge on any atom is -0.481 e. The molecule has 0 aromatic carbocycles. The van der Waals surface area contributed by atoms with Crippen molar-refractivity contribution in [2.24, 2.45) is 5.92 Å². The van der Waals surface area contributed by atoms with Crippen molar-refractivity contribution >= 4 is 5.95 Å². The van der Waals surface area contributed by atoms with E-state index in [0.29, 0.717) is 11.8 Å². The highest BCUT2D eigenvalue weighted by molar-refractivity contribution is 5.30. The maximum atomic E-state index is 5.09. The fourth-order valence-corrected chi connectivity index (χ4v) is 1.43. The molecule has 0 unspecified atom stereocenters. The van der Waals surface area contributed by atoms with E-state index in [1.807, 2.05) is 13.0 Å². The number of hydrogen-bond donors (Lipinski definition) is 1. The lowest BCUT2D eigenvalue weighted by Gasteiger charge is -2.08. The lowest BCUT2D eigenvalue weighted by atomic mass is 10.1. The Labute approximate surface area is 97.5 Å². The van der Waals surface area contributed by atoms with E-state index in [2.05, 4.69) is 29.1 Å². The summed E-state index contributed by atoms with van der Waals surface area (Å²) in [7, 11) is 1.62. The summed E-state index contributed by atoms with van der Waals surface area (Å²) in [5, 5.41) is 3.21. The molecule has 0 saturated heterocycles. The molecule has 0 amide bonds. The van der Waals surface area contributed by atoms with Gasteiger partial charge in [-0.15, -0.1) is 0 Å². The summed E-state index contributed by atoms with van der Waals surface area (Å²) in [5.74, 6) is 2.01. The zero-order valence-corrected chi connectivity index (χ0v) is 10.6. The second-order valence-electron chi connectivity index (χ2n) is 4.34. The van der Waals surface area contributed by atoms with Crippen LogP contribution in [0.25, 0.3) is 0 Å². The van der Waals surface area contributed by atoms with Gasteiger partial charge >= 0.3 is 0 Å². The number of anilines is 1. The molecule has 1 rings (SSSR count). The van der Waals surface area contributed by atoms with Crippen molar-refractivity contribution < 1.29 is 4.74 Å². The van der Waals surface area contributed by atoms with Crippen molar-refractivity contribution in [3.63, 3.8) is 0 Å². The Bertz CT molecular complexity index is 326. The first-order chi connectivity index (χ1) is 7.61. The van der Waals surface area contributed by atoms with Gasteiger partial charge in [-0.05, 0) is 25.7 Å². The van der Waals surface area contributed by atoms with Crippen molar-refractivity contribution in [3.05, 3.63) is 11.8 Å². The number of aromatic nitrogens is 2. The SMILES string of the molecule is COc1cc(C)nc(NCCCC(C)C)n1. The van der Waals surface area contributed by atoms with Gasteiger partial charge in [0.2, 0.25) is 11.8 Å². The molecule has 0 aliphatic carbocycles.